The van der Waals surface area contributed by atoms with Gasteiger partial charge in [0.1, 0.15) is 20.6 Å². The van der Waals surface area contributed by atoms with Crippen molar-refractivity contribution in [2.24, 2.45) is 15.2 Å². The summed E-state index contributed by atoms with van der Waals surface area (Å²) >= 11 is 0.876. The van der Waals surface area contributed by atoms with Crippen LogP contribution in [0.15, 0.2) is 26.9 Å². The summed E-state index contributed by atoms with van der Waals surface area (Å²) in [6, 6.07) is 1.01. The number of aliphatic hydroxyl groups is 1. The second kappa shape index (κ2) is 9.75. The summed E-state index contributed by atoms with van der Waals surface area (Å²) in [5.41, 5.74) is 5.77. The van der Waals surface area contributed by atoms with Crippen LogP contribution in [-0.4, -0.2) is 26.9 Å². The summed E-state index contributed by atoms with van der Waals surface area (Å²) in [6.07, 6.45) is 1.19. The summed E-state index contributed by atoms with van der Waals surface area (Å²) in [5.74, 6) is -0.306. The van der Waals surface area contributed by atoms with Crippen LogP contribution >= 0.6 is 11.3 Å². The number of rotatable bonds is 7. The number of carbonyl (C=O) groups is 1. The van der Waals surface area contributed by atoms with E-state index in [1.54, 1.807) is 20.8 Å². The predicted octanol–water partition coefficient (Wildman–Crippen LogP) is 4.05. The van der Waals surface area contributed by atoms with Crippen molar-refractivity contribution in [3.63, 3.8) is 0 Å². The van der Waals surface area contributed by atoms with Gasteiger partial charge in [0.05, 0.1) is 11.9 Å². The van der Waals surface area contributed by atoms with Gasteiger partial charge in [-0.2, -0.15) is 8.78 Å². The lowest BCUT2D eigenvalue weighted by Gasteiger charge is -2.21. The van der Waals surface area contributed by atoms with Crippen LogP contribution in [0.3, 0.4) is 0 Å². The standard InChI is InChI=1S/C19H27F2N5O4S2/c1-9(2)12-6-11(30-17(20)21)7-13(10(3)22)15(12)25-18(27)26-32(23,29)14-8-24-16(31-14)19(4,5)28/h6-10,17,28H,22H2,1-5H3,(H3,23,25,26,27,29)/t10?,32-/m0/s1. The van der Waals surface area contributed by atoms with E-state index in [1.165, 1.54) is 32.2 Å². The molecule has 0 aliphatic carbocycles. The summed E-state index contributed by atoms with van der Waals surface area (Å²) in [5, 5.41) is 18.6. The second-order valence-electron chi connectivity index (χ2n) is 7.93. The van der Waals surface area contributed by atoms with Crippen molar-refractivity contribution in [2.75, 3.05) is 5.32 Å². The van der Waals surface area contributed by atoms with Gasteiger partial charge in [-0.3, -0.25) is 0 Å². The van der Waals surface area contributed by atoms with Gasteiger partial charge in [0.15, 0.2) is 9.92 Å². The van der Waals surface area contributed by atoms with Crippen molar-refractivity contribution in [1.29, 1.82) is 0 Å². The van der Waals surface area contributed by atoms with Crippen molar-refractivity contribution in [1.82, 2.24) is 4.98 Å². The first-order chi connectivity index (χ1) is 14.6. The average Bonchev–Trinajstić information content (AvgIpc) is 3.12. The van der Waals surface area contributed by atoms with Crippen molar-refractivity contribution in [2.45, 2.75) is 63.0 Å². The molecule has 2 atom stereocenters. The molecule has 1 aromatic carbocycles. The van der Waals surface area contributed by atoms with Gasteiger partial charge >= 0.3 is 12.6 Å². The lowest BCUT2D eigenvalue weighted by molar-refractivity contribution is -0.0499. The molecule has 0 spiro atoms. The van der Waals surface area contributed by atoms with E-state index in [0.29, 0.717) is 11.1 Å². The Balaban J connectivity index is 2.47. The van der Waals surface area contributed by atoms with E-state index in [0.717, 1.165) is 11.3 Å². The Morgan fingerprint density at radius 1 is 1.31 bits per heavy atom. The number of aromatic nitrogens is 1. The predicted molar refractivity (Wildman–Crippen MR) is 119 cm³/mol. The molecule has 1 unspecified atom stereocenters. The van der Waals surface area contributed by atoms with E-state index in [1.807, 2.05) is 0 Å². The van der Waals surface area contributed by atoms with E-state index in [9.17, 15) is 22.9 Å². The molecule has 178 valence electrons. The number of alkyl halides is 2. The Morgan fingerprint density at radius 2 is 1.91 bits per heavy atom. The number of halogens is 2. The van der Waals surface area contributed by atoms with Crippen LogP contribution in [0, 0.1) is 0 Å². The molecule has 0 radical (unpaired) electrons. The highest BCUT2D eigenvalue weighted by Gasteiger charge is 2.24. The maximum atomic E-state index is 12.9. The SMILES string of the molecule is CC(C)c1cc(OC(F)F)cc(C(C)N)c1NC(=O)N=[S@](N)(=O)c1cnc(C(C)(C)O)s1. The first-order valence-corrected chi connectivity index (χ1v) is 11.9. The molecule has 2 aromatic rings. The zero-order chi connectivity index (χ0) is 24.4. The topological polar surface area (TPSA) is 153 Å². The third-order valence-corrected chi connectivity index (χ3v) is 7.45. The Labute approximate surface area is 189 Å². The van der Waals surface area contributed by atoms with Crippen LogP contribution in [0.25, 0.3) is 0 Å². The Morgan fingerprint density at radius 3 is 2.38 bits per heavy atom. The van der Waals surface area contributed by atoms with Gasteiger partial charge < -0.3 is 20.9 Å². The fourth-order valence-electron chi connectivity index (χ4n) is 2.76. The highest BCUT2D eigenvalue weighted by atomic mass is 32.2. The minimum absolute atomic E-state index is 0.0157. The zero-order valence-electron chi connectivity index (χ0n) is 18.3. The number of ether oxygens (including phenoxy) is 1. The molecule has 2 rings (SSSR count). The molecular weight excluding hydrogens is 464 g/mol. The average molecular weight is 492 g/mol. The van der Waals surface area contributed by atoms with Crippen LogP contribution < -0.4 is 20.9 Å². The summed E-state index contributed by atoms with van der Waals surface area (Å²) < 4.78 is 46.4. The van der Waals surface area contributed by atoms with Gasteiger partial charge in [0.25, 0.3) is 0 Å². The number of amides is 2. The molecule has 9 nitrogen and oxygen atoms in total. The number of hydrogen-bond donors (Lipinski definition) is 4. The molecular formula is C19H27F2N5O4S2. The number of nitrogens with two attached hydrogens (primary N) is 2. The summed E-state index contributed by atoms with van der Waals surface area (Å²) in [6.45, 7) is 5.17. The third-order valence-electron chi connectivity index (χ3n) is 4.26. The van der Waals surface area contributed by atoms with Crippen LogP contribution in [0.5, 0.6) is 5.75 Å². The van der Waals surface area contributed by atoms with Gasteiger partial charge in [0.2, 0.25) is 0 Å². The van der Waals surface area contributed by atoms with Gasteiger partial charge in [-0.05, 0) is 49.9 Å². The van der Waals surface area contributed by atoms with Crippen LogP contribution in [0.4, 0.5) is 19.3 Å². The van der Waals surface area contributed by atoms with Crippen molar-refractivity contribution >= 4 is 33.0 Å². The fraction of sp³-hybridized carbons (Fsp3) is 0.474. The molecule has 0 bridgehead atoms. The van der Waals surface area contributed by atoms with Gasteiger partial charge in [-0.1, -0.05) is 13.8 Å². The molecule has 1 aromatic heterocycles. The lowest BCUT2D eigenvalue weighted by Crippen LogP contribution is -2.20. The Kier molecular flexibility index (Phi) is 7.94. The van der Waals surface area contributed by atoms with Crippen LogP contribution in [-0.2, 0) is 15.5 Å². The number of nitrogens with one attached hydrogen (secondary N) is 1. The molecule has 32 heavy (non-hydrogen) atoms. The number of hydrogen-bond acceptors (Lipinski definition) is 7. The molecule has 0 saturated carbocycles. The quantitative estimate of drug-likeness (QED) is 0.458. The first kappa shape index (κ1) is 26.1. The highest BCUT2D eigenvalue weighted by molar-refractivity contribution is 7.93. The molecule has 0 aliphatic rings. The van der Waals surface area contributed by atoms with E-state index in [4.69, 9.17) is 10.9 Å². The number of benzene rings is 1. The van der Waals surface area contributed by atoms with E-state index in [-0.39, 0.29) is 26.6 Å². The minimum atomic E-state index is -3.66. The monoisotopic (exact) mass is 491 g/mol. The smallest absolute Gasteiger partial charge is 0.387 e. The van der Waals surface area contributed by atoms with Crippen LogP contribution in [0.1, 0.15) is 62.7 Å². The number of urea groups is 1. The summed E-state index contributed by atoms with van der Waals surface area (Å²) in [4.78, 5) is 16.6. The van der Waals surface area contributed by atoms with Crippen molar-refractivity contribution < 1.29 is 27.6 Å². The first-order valence-electron chi connectivity index (χ1n) is 9.54. The number of anilines is 1. The maximum absolute atomic E-state index is 12.9. The molecule has 1 heterocycles. The molecule has 13 heteroatoms. The molecule has 0 fully saturated rings. The minimum Gasteiger partial charge on any atom is -0.435 e. The highest BCUT2D eigenvalue weighted by Crippen LogP contribution is 2.36. The number of carbonyl (C=O) groups excluding carboxylic acids is 1. The van der Waals surface area contributed by atoms with Gasteiger partial charge in [0, 0.05) is 6.04 Å². The molecule has 2 amide bonds. The Bertz CT molecular complexity index is 1070. The maximum Gasteiger partial charge on any atom is 0.387 e. The number of nitrogens with zero attached hydrogens (tertiary/aromatic N) is 2. The fourth-order valence-corrected chi connectivity index (χ4v) is 4.83. The Hall–Kier alpha value is -2.19. The normalized spacial score (nSPS) is 14.9. The van der Waals surface area contributed by atoms with Gasteiger partial charge in [-0.15, -0.1) is 15.7 Å². The number of thiazole rings is 1. The molecule has 0 aliphatic heterocycles. The molecule has 6 N–H and O–H groups in total. The third kappa shape index (κ3) is 6.42. The largest absolute Gasteiger partial charge is 0.435 e. The second-order valence-corrected chi connectivity index (χ2v) is 11.0. The van der Waals surface area contributed by atoms with E-state index in [2.05, 4.69) is 19.4 Å². The molecule has 0 saturated heterocycles. The van der Waals surface area contributed by atoms with Crippen molar-refractivity contribution in [3.05, 3.63) is 34.5 Å². The van der Waals surface area contributed by atoms with Gasteiger partial charge in [-0.25, -0.2) is 19.1 Å². The van der Waals surface area contributed by atoms with E-state index >= 15 is 0 Å². The van der Waals surface area contributed by atoms with Crippen LogP contribution in [0.2, 0.25) is 0 Å². The lowest BCUT2D eigenvalue weighted by atomic mass is 9.94. The van der Waals surface area contributed by atoms with E-state index < -0.39 is 34.2 Å². The summed E-state index contributed by atoms with van der Waals surface area (Å²) in [7, 11) is -3.66. The van der Waals surface area contributed by atoms with Crippen molar-refractivity contribution in [3.8, 4) is 5.75 Å². The zero-order valence-corrected chi connectivity index (χ0v) is 19.9.